The number of halogens is 1. The molecule has 9 heteroatoms. The summed E-state index contributed by atoms with van der Waals surface area (Å²) in [5, 5.41) is 11.4. The molecule has 2 aromatic rings. The van der Waals surface area contributed by atoms with Crippen LogP contribution >= 0.6 is 11.6 Å². The molecule has 5 heterocycles. The molecular formula is C24H23ClN5O3+. The Morgan fingerprint density at radius 2 is 2.21 bits per heavy atom. The molecule has 1 aromatic carbocycles. The summed E-state index contributed by atoms with van der Waals surface area (Å²) in [6.45, 7) is 1.51. The molecule has 8 nitrogen and oxygen atoms in total. The molecule has 33 heavy (non-hydrogen) atoms. The number of nitrogens with one attached hydrogen (secondary N) is 3. The quantitative estimate of drug-likeness (QED) is 0.399. The second-order valence-electron chi connectivity index (χ2n) is 8.29. The zero-order valence-corrected chi connectivity index (χ0v) is 18.8. The van der Waals surface area contributed by atoms with Gasteiger partial charge in [-0.1, -0.05) is 17.7 Å². The van der Waals surface area contributed by atoms with Gasteiger partial charge in [0.1, 0.15) is 17.3 Å². The Labute approximate surface area is 195 Å². The van der Waals surface area contributed by atoms with E-state index in [-0.39, 0.29) is 11.9 Å². The molecular weight excluding hydrogens is 442 g/mol. The number of pyridine rings is 1. The molecule has 0 aliphatic carbocycles. The van der Waals surface area contributed by atoms with Crippen molar-refractivity contribution in [3.05, 3.63) is 58.8 Å². The number of carbonyl (C=O) groups is 1. The van der Waals surface area contributed by atoms with Crippen molar-refractivity contribution in [1.29, 1.82) is 0 Å². The molecule has 3 N–H and O–H groups in total. The van der Waals surface area contributed by atoms with Crippen molar-refractivity contribution in [2.45, 2.75) is 25.3 Å². The van der Waals surface area contributed by atoms with Gasteiger partial charge in [-0.25, -0.2) is 0 Å². The summed E-state index contributed by atoms with van der Waals surface area (Å²) in [6.07, 6.45) is 6.20. The van der Waals surface area contributed by atoms with E-state index in [1.165, 1.54) is 0 Å². The predicted molar refractivity (Wildman–Crippen MR) is 124 cm³/mol. The van der Waals surface area contributed by atoms with Gasteiger partial charge in [0.25, 0.3) is 5.91 Å². The fourth-order valence-electron chi connectivity index (χ4n) is 4.99. The van der Waals surface area contributed by atoms with E-state index in [2.05, 4.69) is 25.5 Å². The van der Waals surface area contributed by atoms with E-state index >= 15 is 0 Å². The highest BCUT2D eigenvalue weighted by molar-refractivity contribution is 6.32. The van der Waals surface area contributed by atoms with Gasteiger partial charge in [-0.05, 0) is 37.6 Å². The highest BCUT2D eigenvalue weighted by Crippen LogP contribution is 2.41. The number of para-hydroxylation sites is 1. The fourth-order valence-corrected chi connectivity index (χ4v) is 5.24. The summed E-state index contributed by atoms with van der Waals surface area (Å²) in [4.78, 5) is 17.5. The number of nitrogens with zero attached hydrogens (tertiary/aromatic N) is 2. The van der Waals surface area contributed by atoms with E-state index in [0.29, 0.717) is 46.3 Å². The largest absolute Gasteiger partial charge is 0.493 e. The van der Waals surface area contributed by atoms with Crippen LogP contribution in [-0.4, -0.2) is 31.1 Å². The molecule has 0 spiro atoms. The van der Waals surface area contributed by atoms with Crippen LogP contribution in [-0.2, 0) is 6.42 Å². The number of carbonyl (C=O) groups excluding carboxylic acids is 1. The van der Waals surface area contributed by atoms with Crippen molar-refractivity contribution in [2.24, 2.45) is 0 Å². The topological polar surface area (TPSA) is 92.3 Å². The number of hydrogen-bond donors (Lipinski definition) is 3. The van der Waals surface area contributed by atoms with Crippen LogP contribution in [0.4, 0.5) is 11.4 Å². The number of amides is 1. The molecule has 6 rings (SSSR count). The number of benzene rings is 1. The minimum absolute atomic E-state index is 0.0622. The minimum atomic E-state index is -0.115. The molecule has 0 unspecified atom stereocenters. The van der Waals surface area contributed by atoms with Crippen LogP contribution < -0.4 is 25.3 Å². The lowest BCUT2D eigenvalue weighted by atomic mass is 10.1. The second kappa shape index (κ2) is 7.90. The number of ether oxygens (including phenoxy) is 1. The van der Waals surface area contributed by atoms with Crippen LogP contribution in [0, 0.1) is 0 Å². The SMILES string of the molecule is COc1c(Cl)cccc1Nc1c2c([n+]3c([C@@H]4CCCN4)oc4cnccc4c1-3)CCNC2=O. The maximum Gasteiger partial charge on any atom is 0.371 e. The zero-order valence-electron chi connectivity index (χ0n) is 18.1. The molecule has 1 amide bonds. The third kappa shape index (κ3) is 3.13. The summed E-state index contributed by atoms with van der Waals surface area (Å²) in [5.41, 5.74) is 4.48. The number of rotatable bonds is 4. The summed E-state index contributed by atoms with van der Waals surface area (Å²) in [7, 11) is 1.58. The Morgan fingerprint density at radius 1 is 1.30 bits per heavy atom. The van der Waals surface area contributed by atoms with Crippen molar-refractivity contribution < 1.29 is 18.5 Å². The predicted octanol–water partition coefficient (Wildman–Crippen LogP) is 3.66. The normalized spacial score (nSPS) is 17.9. The zero-order chi connectivity index (χ0) is 22.5. The van der Waals surface area contributed by atoms with Crippen LogP contribution in [0.25, 0.3) is 16.7 Å². The second-order valence-corrected chi connectivity index (χ2v) is 8.70. The number of fused-ring (bicyclic) bond motifs is 5. The maximum atomic E-state index is 13.2. The van der Waals surface area contributed by atoms with E-state index in [0.717, 1.165) is 42.0 Å². The third-order valence-electron chi connectivity index (χ3n) is 6.41. The lowest BCUT2D eigenvalue weighted by molar-refractivity contribution is -0.622. The van der Waals surface area contributed by atoms with Crippen molar-refractivity contribution >= 4 is 39.9 Å². The first-order valence-corrected chi connectivity index (χ1v) is 11.4. The van der Waals surface area contributed by atoms with E-state index in [9.17, 15) is 4.79 Å². The first-order valence-electron chi connectivity index (χ1n) is 11.1. The van der Waals surface area contributed by atoms with E-state index in [4.69, 9.17) is 20.8 Å². The Bertz CT molecular complexity index is 1360. The van der Waals surface area contributed by atoms with Crippen molar-refractivity contribution in [1.82, 2.24) is 15.6 Å². The minimum Gasteiger partial charge on any atom is -0.493 e. The van der Waals surface area contributed by atoms with Crippen LogP contribution in [0.15, 0.2) is 41.1 Å². The Kier molecular flexibility index (Phi) is 4.85. The number of aromatic nitrogens is 2. The Balaban J connectivity index is 1.68. The molecule has 168 valence electrons. The number of methoxy groups -OCH3 is 1. The van der Waals surface area contributed by atoms with Crippen LogP contribution in [0.1, 0.15) is 40.8 Å². The van der Waals surface area contributed by atoms with Crippen LogP contribution in [0.5, 0.6) is 5.75 Å². The lowest BCUT2D eigenvalue weighted by Crippen LogP contribution is -2.45. The van der Waals surface area contributed by atoms with Crippen LogP contribution in [0.2, 0.25) is 5.02 Å². The highest BCUT2D eigenvalue weighted by atomic mass is 35.5. The molecule has 1 saturated heterocycles. The van der Waals surface area contributed by atoms with E-state index < -0.39 is 0 Å². The van der Waals surface area contributed by atoms with Gasteiger partial charge in [0, 0.05) is 12.7 Å². The third-order valence-corrected chi connectivity index (χ3v) is 6.70. The standard InChI is InChI=1S/C24H22ClN5O3/c1-32-22-14(25)4-2-5-15(22)29-20-19-17(8-11-28-23(19)31)30-21(20)13-7-10-26-12-18(13)33-24(30)16-6-3-9-27-16/h2,4-5,7,10,12,16,27H,3,6,8-9,11H2,1H3,(H-,26,28,29,31)/p+1/t16-/m0/s1. The Hall–Kier alpha value is -3.36. The van der Waals surface area contributed by atoms with Gasteiger partial charge in [-0.15, -0.1) is 4.57 Å². The summed E-state index contributed by atoms with van der Waals surface area (Å²) >= 11 is 6.39. The highest BCUT2D eigenvalue weighted by Gasteiger charge is 2.44. The molecule has 0 saturated carbocycles. The van der Waals surface area contributed by atoms with Crippen LogP contribution in [0.3, 0.4) is 0 Å². The lowest BCUT2D eigenvalue weighted by Gasteiger charge is -2.14. The van der Waals surface area contributed by atoms with Gasteiger partial charge in [0.2, 0.25) is 11.4 Å². The average molecular weight is 465 g/mol. The number of hydrogen-bond acceptors (Lipinski definition) is 6. The van der Waals surface area contributed by atoms with Gasteiger partial charge in [-0.3, -0.25) is 9.78 Å². The van der Waals surface area contributed by atoms with Gasteiger partial charge in [0.15, 0.2) is 11.3 Å². The molecule has 0 radical (unpaired) electrons. The van der Waals surface area contributed by atoms with Gasteiger partial charge < -0.3 is 25.1 Å². The number of anilines is 2. The van der Waals surface area contributed by atoms with E-state index in [1.807, 2.05) is 18.2 Å². The average Bonchev–Trinajstić information content (AvgIpc) is 3.47. The molecule has 1 fully saturated rings. The molecule has 4 aliphatic rings. The van der Waals surface area contributed by atoms with Crippen molar-refractivity contribution in [3.63, 3.8) is 0 Å². The van der Waals surface area contributed by atoms with Gasteiger partial charge in [-0.2, -0.15) is 0 Å². The fraction of sp³-hybridized carbons (Fsp3) is 0.292. The summed E-state index contributed by atoms with van der Waals surface area (Å²) < 4.78 is 14.1. The monoisotopic (exact) mass is 464 g/mol. The molecule has 4 aliphatic heterocycles. The summed E-state index contributed by atoms with van der Waals surface area (Å²) in [6, 6.07) is 7.49. The first kappa shape index (κ1) is 20.3. The summed E-state index contributed by atoms with van der Waals surface area (Å²) in [5.74, 6) is 1.20. The first-order chi connectivity index (χ1) is 16.2. The maximum absolute atomic E-state index is 13.2. The van der Waals surface area contributed by atoms with Gasteiger partial charge >= 0.3 is 5.89 Å². The molecule has 1 atom stereocenters. The van der Waals surface area contributed by atoms with Crippen molar-refractivity contribution in [3.8, 4) is 11.4 Å². The Morgan fingerprint density at radius 3 is 3.03 bits per heavy atom. The molecule has 1 aromatic heterocycles. The molecule has 0 bridgehead atoms. The smallest absolute Gasteiger partial charge is 0.371 e. The van der Waals surface area contributed by atoms with Crippen molar-refractivity contribution in [2.75, 3.05) is 25.5 Å². The van der Waals surface area contributed by atoms with Gasteiger partial charge in [0.05, 0.1) is 35.8 Å². The van der Waals surface area contributed by atoms with E-state index in [1.54, 1.807) is 25.6 Å².